The van der Waals surface area contributed by atoms with Crippen LogP contribution in [0.25, 0.3) is 0 Å². The highest BCUT2D eigenvalue weighted by Gasteiger charge is 2.53. The third-order valence-corrected chi connectivity index (χ3v) is 6.73. The van der Waals surface area contributed by atoms with Crippen LogP contribution in [-0.4, -0.2) is 64.1 Å². The zero-order valence-corrected chi connectivity index (χ0v) is 15.6. The summed E-state index contributed by atoms with van der Waals surface area (Å²) in [7, 11) is 0. The van der Waals surface area contributed by atoms with Crippen molar-refractivity contribution in [3.63, 3.8) is 0 Å². The molecule has 2 amide bonds. The van der Waals surface area contributed by atoms with Gasteiger partial charge in [0.25, 0.3) is 0 Å². The smallest absolute Gasteiger partial charge is 0.242 e. The highest BCUT2D eigenvalue weighted by Crippen LogP contribution is 2.48. The first-order valence-electron chi connectivity index (χ1n) is 8.73. The number of piperazine rings is 1. The van der Waals surface area contributed by atoms with Crippen molar-refractivity contribution in [3.05, 3.63) is 27.7 Å². The lowest BCUT2D eigenvalue weighted by atomic mass is 9.95. The average molecular weight is 399 g/mol. The van der Waals surface area contributed by atoms with Crippen LogP contribution in [-0.2, 0) is 9.59 Å². The third-order valence-electron chi connectivity index (χ3n) is 5.91. The molecule has 2 heterocycles. The highest BCUT2D eigenvalue weighted by atomic mass is 35.5. The first kappa shape index (κ1) is 17.9. The second kappa shape index (κ2) is 6.29. The van der Waals surface area contributed by atoms with E-state index < -0.39 is 5.41 Å². The topological polar surface area (TPSA) is 81.1 Å². The fourth-order valence-corrected chi connectivity index (χ4v) is 4.68. The number of carbonyl (C=O) groups excluding carboxylic acids is 2. The molecule has 3 fully saturated rings. The molecular formula is C18H20Cl2N2O4. The number of phenolic OH excluding ortho intramolecular Hbond substituents is 1. The quantitative estimate of drug-likeness (QED) is 0.815. The van der Waals surface area contributed by atoms with Gasteiger partial charge in [0, 0.05) is 24.6 Å². The summed E-state index contributed by atoms with van der Waals surface area (Å²) in [5, 5.41) is 20.4. The Morgan fingerprint density at radius 3 is 2.65 bits per heavy atom. The lowest BCUT2D eigenvalue weighted by Crippen LogP contribution is -2.57. The molecule has 2 aliphatic heterocycles. The van der Waals surface area contributed by atoms with Crippen molar-refractivity contribution >= 4 is 35.0 Å². The predicted octanol–water partition coefficient (Wildman–Crippen LogP) is 2.00. The van der Waals surface area contributed by atoms with E-state index in [1.807, 2.05) is 0 Å². The molecule has 0 radical (unpaired) electrons. The van der Waals surface area contributed by atoms with Crippen LogP contribution in [0.1, 0.15) is 30.7 Å². The molecule has 0 unspecified atom stereocenters. The van der Waals surface area contributed by atoms with Crippen molar-refractivity contribution in [2.24, 2.45) is 5.41 Å². The molecule has 26 heavy (non-hydrogen) atoms. The van der Waals surface area contributed by atoms with Gasteiger partial charge in [0.1, 0.15) is 5.75 Å². The highest BCUT2D eigenvalue weighted by molar-refractivity contribution is 6.42. The Labute approximate surface area is 161 Å². The first-order chi connectivity index (χ1) is 12.4. The zero-order chi connectivity index (χ0) is 18.6. The van der Waals surface area contributed by atoms with Crippen LogP contribution in [0.15, 0.2) is 12.1 Å². The van der Waals surface area contributed by atoms with Crippen LogP contribution in [0.2, 0.25) is 10.0 Å². The SMILES string of the molecule is O=C1CN(C(=O)C2(CO)CC2)C[C@@H]2C[C@H](c3c(O)ccc(Cl)c3Cl)CN12. The number of benzene rings is 1. The Morgan fingerprint density at radius 2 is 2.00 bits per heavy atom. The minimum atomic E-state index is -0.672. The number of carbonyl (C=O) groups is 2. The predicted molar refractivity (Wildman–Crippen MR) is 96.3 cm³/mol. The maximum absolute atomic E-state index is 12.7. The molecule has 1 aromatic rings. The van der Waals surface area contributed by atoms with E-state index in [4.69, 9.17) is 23.2 Å². The lowest BCUT2D eigenvalue weighted by molar-refractivity contribution is -0.151. The molecule has 0 aromatic heterocycles. The Balaban J connectivity index is 1.55. The van der Waals surface area contributed by atoms with Crippen molar-refractivity contribution in [1.29, 1.82) is 0 Å². The van der Waals surface area contributed by atoms with Gasteiger partial charge in [0.2, 0.25) is 11.8 Å². The summed E-state index contributed by atoms with van der Waals surface area (Å²) < 4.78 is 0. The van der Waals surface area contributed by atoms with Gasteiger partial charge in [-0.3, -0.25) is 9.59 Å². The summed E-state index contributed by atoms with van der Waals surface area (Å²) in [5.74, 6) is -0.289. The largest absolute Gasteiger partial charge is 0.508 e. The molecule has 1 aliphatic carbocycles. The van der Waals surface area contributed by atoms with Crippen molar-refractivity contribution in [2.75, 3.05) is 26.2 Å². The molecule has 3 aliphatic rings. The van der Waals surface area contributed by atoms with E-state index in [9.17, 15) is 19.8 Å². The molecule has 2 N–H and O–H groups in total. The van der Waals surface area contributed by atoms with Gasteiger partial charge < -0.3 is 20.0 Å². The van der Waals surface area contributed by atoms with Crippen molar-refractivity contribution < 1.29 is 19.8 Å². The van der Waals surface area contributed by atoms with Gasteiger partial charge in [0.05, 0.1) is 34.7 Å². The summed E-state index contributed by atoms with van der Waals surface area (Å²) >= 11 is 12.4. The number of aliphatic hydroxyl groups is 1. The van der Waals surface area contributed by atoms with Crippen LogP contribution < -0.4 is 0 Å². The van der Waals surface area contributed by atoms with E-state index in [0.717, 1.165) is 0 Å². The molecule has 2 saturated heterocycles. The summed E-state index contributed by atoms with van der Waals surface area (Å²) in [4.78, 5) is 28.6. The number of aromatic hydroxyl groups is 1. The number of halogens is 2. The van der Waals surface area contributed by atoms with E-state index in [-0.39, 0.29) is 42.7 Å². The van der Waals surface area contributed by atoms with Gasteiger partial charge in [-0.1, -0.05) is 23.2 Å². The molecule has 8 heteroatoms. The van der Waals surface area contributed by atoms with Gasteiger partial charge in [-0.05, 0) is 31.4 Å². The molecule has 1 aromatic carbocycles. The number of amides is 2. The second-order valence-corrected chi connectivity index (χ2v) is 8.34. The monoisotopic (exact) mass is 398 g/mol. The standard InChI is InChI=1S/C18H20Cl2N2O4/c19-12-1-2-13(24)15(16(12)20)10-5-11-7-21(8-14(25)22(11)6-10)17(26)18(9-23)3-4-18/h1-2,10-11,23-24H,3-9H2/t10-,11-/m0/s1. The maximum Gasteiger partial charge on any atom is 0.242 e. The van der Waals surface area contributed by atoms with E-state index in [2.05, 4.69) is 0 Å². The fourth-order valence-electron chi connectivity index (χ4n) is 4.20. The van der Waals surface area contributed by atoms with E-state index in [1.54, 1.807) is 15.9 Å². The van der Waals surface area contributed by atoms with Crippen LogP contribution in [0.5, 0.6) is 5.75 Å². The maximum atomic E-state index is 12.7. The Hall–Kier alpha value is -1.50. The molecule has 0 spiro atoms. The molecular weight excluding hydrogens is 379 g/mol. The van der Waals surface area contributed by atoms with Gasteiger partial charge in [-0.25, -0.2) is 0 Å². The molecule has 1 saturated carbocycles. The van der Waals surface area contributed by atoms with Crippen LogP contribution in [0.4, 0.5) is 0 Å². The van der Waals surface area contributed by atoms with Gasteiger partial charge in [0.15, 0.2) is 0 Å². The molecule has 2 atom stereocenters. The van der Waals surface area contributed by atoms with Gasteiger partial charge in [-0.2, -0.15) is 0 Å². The average Bonchev–Trinajstić information content (AvgIpc) is 3.31. The van der Waals surface area contributed by atoms with E-state index >= 15 is 0 Å². The van der Waals surface area contributed by atoms with E-state index in [0.29, 0.717) is 48.0 Å². The number of aliphatic hydroxyl groups excluding tert-OH is 1. The van der Waals surface area contributed by atoms with Crippen molar-refractivity contribution in [1.82, 2.24) is 9.80 Å². The van der Waals surface area contributed by atoms with Crippen LogP contribution in [0, 0.1) is 5.41 Å². The zero-order valence-electron chi connectivity index (χ0n) is 14.1. The number of hydrogen-bond acceptors (Lipinski definition) is 4. The van der Waals surface area contributed by atoms with Crippen LogP contribution in [0.3, 0.4) is 0 Å². The molecule has 0 bridgehead atoms. The van der Waals surface area contributed by atoms with Crippen molar-refractivity contribution in [2.45, 2.75) is 31.2 Å². The third kappa shape index (κ3) is 2.75. The first-order valence-corrected chi connectivity index (χ1v) is 9.48. The van der Waals surface area contributed by atoms with Crippen LogP contribution >= 0.6 is 23.2 Å². The molecule has 6 nitrogen and oxygen atoms in total. The summed E-state index contributed by atoms with van der Waals surface area (Å²) in [6.07, 6.45) is 1.96. The van der Waals surface area contributed by atoms with Gasteiger partial charge in [-0.15, -0.1) is 0 Å². The number of rotatable bonds is 3. The molecule has 4 rings (SSSR count). The number of phenols is 1. The number of fused-ring (bicyclic) bond motifs is 1. The Kier molecular flexibility index (Phi) is 4.33. The second-order valence-electron chi connectivity index (χ2n) is 7.55. The minimum absolute atomic E-state index is 0.0407. The minimum Gasteiger partial charge on any atom is -0.508 e. The van der Waals surface area contributed by atoms with Crippen molar-refractivity contribution in [3.8, 4) is 5.75 Å². The Morgan fingerprint density at radius 1 is 1.27 bits per heavy atom. The summed E-state index contributed by atoms with van der Waals surface area (Å²) in [5.41, 5.74) is -0.108. The normalized spacial score (nSPS) is 26.8. The number of hydrogen-bond donors (Lipinski definition) is 2. The Bertz CT molecular complexity index is 781. The summed E-state index contributed by atoms with van der Waals surface area (Å²) in [6, 6.07) is 2.94. The summed E-state index contributed by atoms with van der Waals surface area (Å²) in [6.45, 7) is 0.769. The van der Waals surface area contributed by atoms with E-state index in [1.165, 1.54) is 6.07 Å². The van der Waals surface area contributed by atoms with Gasteiger partial charge >= 0.3 is 0 Å². The molecule has 140 valence electrons. The lowest BCUT2D eigenvalue weighted by Gasteiger charge is -2.38. The fraction of sp³-hybridized carbons (Fsp3) is 0.556. The number of nitrogens with zero attached hydrogens (tertiary/aromatic N) is 2.